The van der Waals surface area contributed by atoms with E-state index in [9.17, 15) is 4.79 Å². The predicted octanol–water partition coefficient (Wildman–Crippen LogP) is 9.33. The topological polar surface area (TPSA) is 68.6 Å². The number of amides is 1. The molecule has 5 nitrogen and oxygen atoms in total. The van der Waals surface area contributed by atoms with Crippen LogP contribution in [0.15, 0.2) is 12.1 Å². The molecule has 1 aromatic rings. The van der Waals surface area contributed by atoms with Gasteiger partial charge in [-0.3, -0.25) is 10.5 Å². The molecule has 0 aliphatic rings. The van der Waals surface area contributed by atoms with Crippen LogP contribution in [0.1, 0.15) is 147 Å². The monoisotopic (exact) mass is 504 g/mol. The molecule has 1 radical (unpaired) electrons. The van der Waals surface area contributed by atoms with Crippen LogP contribution in [0.25, 0.3) is 0 Å². The predicted molar refractivity (Wildman–Crippen MR) is 150 cm³/mol. The number of unbranched alkanes of at least 4 members (excludes halogenated alkanes) is 15. The molecular formula is C31H54NO4. The number of benzene rings is 1. The second kappa shape index (κ2) is 22.3. The normalized spacial score (nSPS) is 11.0. The molecule has 0 saturated heterocycles. The summed E-state index contributed by atoms with van der Waals surface area (Å²) < 4.78 is 18.4. The first-order valence-electron chi connectivity index (χ1n) is 15.0. The number of hydrogen-bond donors (Lipinski definition) is 0. The second-order valence-electron chi connectivity index (χ2n) is 9.98. The van der Waals surface area contributed by atoms with Crippen LogP contribution in [0.5, 0.6) is 17.2 Å². The van der Waals surface area contributed by atoms with Crippen molar-refractivity contribution < 1.29 is 19.0 Å². The molecule has 0 bridgehead atoms. The van der Waals surface area contributed by atoms with Gasteiger partial charge in [-0.05, 0) is 31.4 Å². The Morgan fingerprint density at radius 3 is 1.25 bits per heavy atom. The van der Waals surface area contributed by atoms with Gasteiger partial charge in [0, 0.05) is 5.56 Å². The fourth-order valence-electron chi connectivity index (χ4n) is 4.25. The number of ether oxygens (including phenoxy) is 3. The number of carbonyl (C=O) groups is 1. The van der Waals surface area contributed by atoms with Gasteiger partial charge in [-0.1, -0.05) is 117 Å². The molecule has 1 amide bonds. The van der Waals surface area contributed by atoms with Crippen molar-refractivity contribution in [3.05, 3.63) is 17.7 Å². The Morgan fingerprint density at radius 2 is 0.889 bits per heavy atom. The molecule has 1 N–H and O–H groups in total. The van der Waals surface area contributed by atoms with E-state index in [1.807, 2.05) is 0 Å². The molecular weight excluding hydrogens is 450 g/mol. The molecule has 0 aliphatic heterocycles. The Morgan fingerprint density at radius 1 is 0.556 bits per heavy atom. The SMILES string of the molecule is CCCCCCCCOc1cc(C([NH])=O)cc(OCCCCCCCC)c1OCCCCCCCC. The Bertz CT molecular complexity index is 638. The molecule has 0 saturated carbocycles. The molecule has 36 heavy (non-hydrogen) atoms. The van der Waals surface area contributed by atoms with Crippen molar-refractivity contribution >= 4 is 5.91 Å². The molecule has 0 aromatic heterocycles. The summed E-state index contributed by atoms with van der Waals surface area (Å²) in [5.74, 6) is 0.924. The zero-order valence-corrected chi connectivity index (χ0v) is 23.6. The van der Waals surface area contributed by atoms with Gasteiger partial charge in [0.15, 0.2) is 11.5 Å². The largest absolute Gasteiger partial charge is 0.490 e. The zero-order valence-electron chi connectivity index (χ0n) is 23.6. The average Bonchev–Trinajstić information content (AvgIpc) is 2.87. The van der Waals surface area contributed by atoms with Crippen molar-refractivity contribution in [1.29, 1.82) is 0 Å². The minimum absolute atomic E-state index is 0.290. The van der Waals surface area contributed by atoms with Crippen LogP contribution in [-0.2, 0) is 0 Å². The summed E-state index contributed by atoms with van der Waals surface area (Å²) in [7, 11) is 0. The lowest BCUT2D eigenvalue weighted by Crippen LogP contribution is -2.09. The van der Waals surface area contributed by atoms with E-state index in [0.717, 1.165) is 38.5 Å². The fraction of sp³-hybridized carbons (Fsp3) is 0.774. The van der Waals surface area contributed by atoms with E-state index in [1.54, 1.807) is 12.1 Å². The summed E-state index contributed by atoms with van der Waals surface area (Å²) >= 11 is 0. The Balaban J connectivity index is 2.78. The highest BCUT2D eigenvalue weighted by Crippen LogP contribution is 2.39. The van der Waals surface area contributed by atoms with Crippen molar-refractivity contribution in [2.75, 3.05) is 19.8 Å². The molecule has 0 atom stereocenters. The zero-order chi connectivity index (χ0) is 26.3. The summed E-state index contributed by atoms with van der Waals surface area (Å²) in [6.45, 7) is 8.43. The lowest BCUT2D eigenvalue weighted by atomic mass is 10.1. The molecule has 0 aliphatic carbocycles. The van der Waals surface area contributed by atoms with Crippen molar-refractivity contribution in [2.24, 2.45) is 0 Å². The maximum atomic E-state index is 11.9. The molecule has 0 unspecified atom stereocenters. The smallest absolute Gasteiger partial charge is 0.269 e. The first kappa shape index (κ1) is 32.1. The molecule has 1 rings (SSSR count). The molecule has 1 aromatic carbocycles. The van der Waals surface area contributed by atoms with Crippen LogP contribution >= 0.6 is 0 Å². The van der Waals surface area contributed by atoms with Crippen LogP contribution in [-0.4, -0.2) is 25.7 Å². The van der Waals surface area contributed by atoms with Gasteiger partial charge in [-0.25, -0.2) is 0 Å². The second-order valence-corrected chi connectivity index (χ2v) is 9.98. The van der Waals surface area contributed by atoms with Gasteiger partial charge in [-0.15, -0.1) is 0 Å². The summed E-state index contributed by atoms with van der Waals surface area (Å²) in [6, 6.07) is 3.31. The van der Waals surface area contributed by atoms with E-state index in [0.29, 0.717) is 37.1 Å². The summed E-state index contributed by atoms with van der Waals surface area (Å²) in [4.78, 5) is 11.9. The van der Waals surface area contributed by atoms with Gasteiger partial charge < -0.3 is 14.2 Å². The van der Waals surface area contributed by atoms with Crippen LogP contribution < -0.4 is 19.9 Å². The maximum absolute atomic E-state index is 11.9. The Hall–Kier alpha value is -1.91. The van der Waals surface area contributed by atoms with E-state index < -0.39 is 5.91 Å². The van der Waals surface area contributed by atoms with Crippen molar-refractivity contribution in [3.63, 3.8) is 0 Å². The van der Waals surface area contributed by atoms with Gasteiger partial charge in [-0.2, -0.15) is 0 Å². The summed E-state index contributed by atoms with van der Waals surface area (Å²) in [6.07, 6.45) is 21.4. The van der Waals surface area contributed by atoms with Crippen LogP contribution in [0.2, 0.25) is 0 Å². The molecule has 0 heterocycles. The van der Waals surface area contributed by atoms with Gasteiger partial charge in [0.05, 0.1) is 19.8 Å². The minimum Gasteiger partial charge on any atom is -0.490 e. The van der Waals surface area contributed by atoms with E-state index in [1.165, 1.54) is 77.0 Å². The third kappa shape index (κ3) is 15.3. The highest BCUT2D eigenvalue weighted by Gasteiger charge is 2.18. The average molecular weight is 505 g/mol. The lowest BCUT2D eigenvalue weighted by Gasteiger charge is -2.18. The van der Waals surface area contributed by atoms with Gasteiger partial charge in [0.1, 0.15) is 0 Å². The van der Waals surface area contributed by atoms with Gasteiger partial charge >= 0.3 is 0 Å². The van der Waals surface area contributed by atoms with E-state index in [-0.39, 0.29) is 5.56 Å². The molecule has 0 fully saturated rings. The van der Waals surface area contributed by atoms with Crippen LogP contribution in [0, 0.1) is 0 Å². The minimum atomic E-state index is -0.730. The van der Waals surface area contributed by atoms with E-state index in [4.69, 9.17) is 19.9 Å². The quantitative estimate of drug-likeness (QED) is 0.124. The molecule has 207 valence electrons. The Labute approximate surface area is 221 Å². The Kier molecular flexibility index (Phi) is 19.9. The maximum Gasteiger partial charge on any atom is 0.269 e. The van der Waals surface area contributed by atoms with E-state index >= 15 is 0 Å². The number of hydrogen-bond acceptors (Lipinski definition) is 4. The third-order valence-corrected chi connectivity index (χ3v) is 6.54. The number of carbonyl (C=O) groups excluding carboxylic acids is 1. The van der Waals surface area contributed by atoms with Crippen molar-refractivity contribution in [1.82, 2.24) is 5.73 Å². The summed E-state index contributed by atoms with van der Waals surface area (Å²) in [5, 5.41) is 0. The lowest BCUT2D eigenvalue weighted by molar-refractivity contribution is 0.0990. The third-order valence-electron chi connectivity index (χ3n) is 6.54. The standard InChI is InChI=1S/C31H54NO4/c1-4-7-10-13-16-19-22-34-28-25-27(31(32)33)26-29(35-23-20-17-14-11-8-5-2)30(28)36-24-21-18-15-12-9-6-3/h25-26,32H,4-24H2,1-3H3. The van der Waals surface area contributed by atoms with Crippen LogP contribution in [0.3, 0.4) is 0 Å². The highest BCUT2D eigenvalue weighted by atomic mass is 16.5. The van der Waals surface area contributed by atoms with Crippen LogP contribution in [0.4, 0.5) is 0 Å². The molecule has 0 spiro atoms. The van der Waals surface area contributed by atoms with Gasteiger partial charge in [0.25, 0.3) is 5.91 Å². The molecule has 5 heteroatoms. The first-order chi connectivity index (χ1) is 17.6. The fourth-order valence-corrected chi connectivity index (χ4v) is 4.25. The van der Waals surface area contributed by atoms with E-state index in [2.05, 4.69) is 20.8 Å². The van der Waals surface area contributed by atoms with Crippen molar-refractivity contribution in [3.8, 4) is 17.2 Å². The number of nitrogens with one attached hydrogen (secondary N) is 1. The van der Waals surface area contributed by atoms with Gasteiger partial charge in [0.2, 0.25) is 5.75 Å². The summed E-state index contributed by atoms with van der Waals surface area (Å²) in [5.41, 5.74) is 7.94. The number of rotatable bonds is 25. The highest BCUT2D eigenvalue weighted by molar-refractivity contribution is 5.93. The van der Waals surface area contributed by atoms with Crippen molar-refractivity contribution in [2.45, 2.75) is 136 Å². The first-order valence-corrected chi connectivity index (χ1v) is 15.0.